The molecular weight excluding hydrogens is 240 g/mol. The van der Waals surface area contributed by atoms with Gasteiger partial charge in [-0.3, -0.25) is 9.13 Å². The summed E-state index contributed by atoms with van der Waals surface area (Å²) in [5.74, 6) is 0. The molecule has 102 valence electrons. The van der Waals surface area contributed by atoms with Crippen LogP contribution in [0.1, 0.15) is 29.7 Å². The second kappa shape index (κ2) is 5.45. The number of imidazole rings is 1. The normalized spacial score (nSPS) is 12.6. The molecule has 2 rings (SSSR count). The van der Waals surface area contributed by atoms with Crippen molar-refractivity contribution in [1.29, 1.82) is 0 Å². The van der Waals surface area contributed by atoms with Crippen molar-refractivity contribution in [2.75, 3.05) is 0 Å². The van der Waals surface area contributed by atoms with Crippen LogP contribution in [0.15, 0.2) is 35.4 Å². The van der Waals surface area contributed by atoms with Crippen molar-refractivity contribution in [2.24, 2.45) is 0 Å². The Morgan fingerprint density at radius 2 is 1.68 bits per heavy atom. The van der Waals surface area contributed by atoms with Gasteiger partial charge in [0.25, 0.3) is 0 Å². The van der Waals surface area contributed by atoms with Gasteiger partial charge in [-0.1, -0.05) is 29.3 Å². The summed E-state index contributed by atoms with van der Waals surface area (Å²) >= 11 is 0. The molecule has 0 aliphatic heterocycles. The van der Waals surface area contributed by atoms with Gasteiger partial charge in [-0.05, 0) is 26.3 Å². The number of hydrogen-bond acceptors (Lipinski definition) is 2. The van der Waals surface area contributed by atoms with Gasteiger partial charge >= 0.3 is 5.69 Å². The van der Waals surface area contributed by atoms with Crippen molar-refractivity contribution in [1.82, 2.24) is 9.13 Å². The molecule has 0 saturated heterocycles. The van der Waals surface area contributed by atoms with Crippen LogP contribution < -0.4 is 5.69 Å². The number of benzene rings is 1. The van der Waals surface area contributed by atoms with Gasteiger partial charge in [0.1, 0.15) is 0 Å². The second-order valence-electron chi connectivity index (χ2n) is 4.96. The van der Waals surface area contributed by atoms with Crippen LogP contribution in [0.25, 0.3) is 0 Å². The lowest BCUT2D eigenvalue weighted by Gasteiger charge is -2.13. The highest BCUT2D eigenvalue weighted by molar-refractivity contribution is 5.29. The highest BCUT2D eigenvalue weighted by atomic mass is 16.3. The first-order valence-corrected chi connectivity index (χ1v) is 6.53. The van der Waals surface area contributed by atoms with E-state index < -0.39 is 6.10 Å². The molecular formula is C15H20N2O2. The van der Waals surface area contributed by atoms with E-state index in [4.69, 9.17) is 0 Å². The largest absolute Gasteiger partial charge is 0.387 e. The van der Waals surface area contributed by atoms with Crippen molar-refractivity contribution in [3.8, 4) is 0 Å². The average Bonchev–Trinajstić information content (AvgIpc) is 2.69. The SMILES string of the molecule is CCn1ccn(CC(O)c2cc(C)cc(C)c2)c1=O. The van der Waals surface area contributed by atoms with Gasteiger partial charge in [-0.25, -0.2) is 4.79 Å². The molecule has 4 nitrogen and oxygen atoms in total. The maximum atomic E-state index is 11.9. The monoisotopic (exact) mass is 260 g/mol. The van der Waals surface area contributed by atoms with Gasteiger partial charge < -0.3 is 5.11 Å². The summed E-state index contributed by atoms with van der Waals surface area (Å²) in [7, 11) is 0. The zero-order chi connectivity index (χ0) is 14.0. The summed E-state index contributed by atoms with van der Waals surface area (Å²) < 4.78 is 3.17. The third kappa shape index (κ3) is 2.96. The number of aliphatic hydroxyl groups is 1. The molecule has 1 unspecified atom stereocenters. The van der Waals surface area contributed by atoms with Crippen molar-refractivity contribution in [3.05, 3.63) is 57.8 Å². The highest BCUT2D eigenvalue weighted by Crippen LogP contribution is 2.18. The van der Waals surface area contributed by atoms with Gasteiger partial charge in [-0.2, -0.15) is 0 Å². The molecule has 0 amide bonds. The Labute approximate surface area is 112 Å². The molecule has 4 heteroatoms. The van der Waals surface area contributed by atoms with E-state index >= 15 is 0 Å². The number of rotatable bonds is 4. The molecule has 2 aromatic rings. The van der Waals surface area contributed by atoms with Crippen LogP contribution in [0.4, 0.5) is 0 Å². The maximum Gasteiger partial charge on any atom is 0.328 e. The summed E-state index contributed by atoms with van der Waals surface area (Å²) in [5, 5.41) is 10.3. The minimum absolute atomic E-state index is 0.0778. The Bertz CT molecular complexity index is 605. The predicted octanol–water partition coefficient (Wildman–Crippen LogP) is 2.02. The molecule has 0 aliphatic rings. The topological polar surface area (TPSA) is 47.2 Å². The molecule has 19 heavy (non-hydrogen) atoms. The molecule has 0 saturated carbocycles. The molecule has 0 radical (unpaired) electrons. The van der Waals surface area contributed by atoms with E-state index in [0.29, 0.717) is 6.54 Å². The molecule has 1 heterocycles. The summed E-state index contributed by atoms with van der Waals surface area (Å²) in [6.07, 6.45) is 2.80. The smallest absolute Gasteiger partial charge is 0.328 e. The summed E-state index contributed by atoms with van der Waals surface area (Å²) in [6, 6.07) is 5.98. The summed E-state index contributed by atoms with van der Waals surface area (Å²) in [6.45, 7) is 6.86. The lowest BCUT2D eigenvalue weighted by Crippen LogP contribution is -2.25. The Hall–Kier alpha value is -1.81. The van der Waals surface area contributed by atoms with Gasteiger partial charge in [0.15, 0.2) is 0 Å². The van der Waals surface area contributed by atoms with Gasteiger partial charge in [0.05, 0.1) is 12.6 Å². The van der Waals surface area contributed by atoms with E-state index in [1.165, 1.54) is 0 Å². The Balaban J connectivity index is 2.22. The number of aliphatic hydroxyl groups excluding tert-OH is 1. The van der Waals surface area contributed by atoms with Crippen molar-refractivity contribution < 1.29 is 5.11 Å². The minimum atomic E-state index is -0.663. The highest BCUT2D eigenvalue weighted by Gasteiger charge is 2.11. The van der Waals surface area contributed by atoms with E-state index in [0.717, 1.165) is 16.7 Å². The number of aryl methyl sites for hydroxylation is 3. The number of nitrogens with zero attached hydrogens (tertiary/aromatic N) is 2. The van der Waals surface area contributed by atoms with E-state index in [9.17, 15) is 9.90 Å². The molecule has 0 spiro atoms. The van der Waals surface area contributed by atoms with Crippen molar-refractivity contribution >= 4 is 0 Å². The zero-order valence-corrected chi connectivity index (χ0v) is 11.6. The summed E-state index contributed by atoms with van der Waals surface area (Å²) in [4.78, 5) is 11.9. The fraction of sp³-hybridized carbons (Fsp3) is 0.400. The van der Waals surface area contributed by atoms with Crippen LogP contribution in [-0.2, 0) is 13.1 Å². The molecule has 0 fully saturated rings. The van der Waals surface area contributed by atoms with E-state index in [2.05, 4.69) is 6.07 Å². The Morgan fingerprint density at radius 3 is 2.21 bits per heavy atom. The van der Waals surface area contributed by atoms with E-state index in [-0.39, 0.29) is 12.2 Å². The van der Waals surface area contributed by atoms with Crippen molar-refractivity contribution in [2.45, 2.75) is 40.0 Å². The van der Waals surface area contributed by atoms with E-state index in [1.54, 1.807) is 21.5 Å². The molecule has 0 aliphatic carbocycles. The predicted molar refractivity (Wildman–Crippen MR) is 75.2 cm³/mol. The number of hydrogen-bond donors (Lipinski definition) is 1. The van der Waals surface area contributed by atoms with Gasteiger partial charge in [0.2, 0.25) is 0 Å². The molecule has 0 bridgehead atoms. The molecule has 1 atom stereocenters. The lowest BCUT2D eigenvalue weighted by molar-refractivity contribution is 0.154. The summed E-state index contributed by atoms with van der Waals surface area (Å²) in [5.41, 5.74) is 3.01. The van der Waals surface area contributed by atoms with Crippen LogP contribution >= 0.6 is 0 Å². The fourth-order valence-electron chi connectivity index (χ4n) is 2.33. The number of aromatic nitrogens is 2. The van der Waals surface area contributed by atoms with Gasteiger partial charge in [-0.15, -0.1) is 0 Å². The van der Waals surface area contributed by atoms with Crippen LogP contribution in [-0.4, -0.2) is 14.2 Å². The molecule has 1 aromatic heterocycles. The second-order valence-corrected chi connectivity index (χ2v) is 4.96. The van der Waals surface area contributed by atoms with Crippen LogP contribution in [0.3, 0.4) is 0 Å². The maximum absolute atomic E-state index is 11.9. The van der Waals surface area contributed by atoms with Crippen LogP contribution in [0, 0.1) is 13.8 Å². The average molecular weight is 260 g/mol. The first-order chi connectivity index (χ1) is 9.01. The van der Waals surface area contributed by atoms with Gasteiger partial charge in [0, 0.05) is 18.9 Å². The third-order valence-corrected chi connectivity index (χ3v) is 3.26. The van der Waals surface area contributed by atoms with E-state index in [1.807, 2.05) is 32.9 Å². The molecule has 1 N–H and O–H groups in total. The molecule has 1 aromatic carbocycles. The Kier molecular flexibility index (Phi) is 3.90. The lowest BCUT2D eigenvalue weighted by atomic mass is 10.0. The zero-order valence-electron chi connectivity index (χ0n) is 11.6. The van der Waals surface area contributed by atoms with Crippen LogP contribution in [0.2, 0.25) is 0 Å². The first-order valence-electron chi connectivity index (χ1n) is 6.53. The quantitative estimate of drug-likeness (QED) is 0.914. The van der Waals surface area contributed by atoms with Crippen molar-refractivity contribution in [3.63, 3.8) is 0 Å². The fourth-order valence-corrected chi connectivity index (χ4v) is 2.33. The standard InChI is InChI=1S/C15H20N2O2/c1-4-16-5-6-17(15(16)19)10-14(18)13-8-11(2)7-12(3)9-13/h5-9,14,18H,4,10H2,1-3H3. The minimum Gasteiger partial charge on any atom is -0.387 e. The third-order valence-electron chi connectivity index (χ3n) is 3.26. The van der Waals surface area contributed by atoms with Crippen LogP contribution in [0.5, 0.6) is 0 Å². The Morgan fingerprint density at radius 1 is 1.11 bits per heavy atom. The first kappa shape index (κ1) is 13.6.